The molecule has 0 saturated carbocycles. The van der Waals surface area contributed by atoms with Crippen molar-refractivity contribution in [3.05, 3.63) is 0 Å². The minimum absolute atomic E-state index is 0.458. The molecule has 0 aromatic rings. The van der Waals surface area contributed by atoms with Crippen LogP contribution in [0, 0.1) is 0 Å². The van der Waals surface area contributed by atoms with Gasteiger partial charge in [-0.05, 0) is 23.6 Å². The number of hydrogen-bond acceptors (Lipinski definition) is 2. The molecule has 19 heavy (non-hydrogen) atoms. The second kappa shape index (κ2) is 16.1. The van der Waals surface area contributed by atoms with Gasteiger partial charge in [-0.25, -0.2) is 0 Å². The molecular formula is C8H24MoO6P2S2. The molecule has 120 valence electrons. The van der Waals surface area contributed by atoms with E-state index in [4.69, 9.17) is 29.4 Å². The first-order valence-electron chi connectivity index (χ1n) is 5.56. The fourth-order valence-corrected chi connectivity index (χ4v) is 3.52. The SMILES string of the molecule is CCC[CH2][Mo][CH2]CCC.OP(O)(O)=S.OP(O)(O)=S. The number of hydrogen-bond donors (Lipinski definition) is 6. The molecule has 0 bridgehead atoms. The molecule has 0 aliphatic rings. The third kappa shape index (κ3) is 104. The average molecular weight is 438 g/mol. The van der Waals surface area contributed by atoms with Crippen molar-refractivity contribution in [3.63, 3.8) is 0 Å². The van der Waals surface area contributed by atoms with Gasteiger partial charge < -0.3 is 29.4 Å². The molecule has 6 nitrogen and oxygen atoms in total. The fraction of sp³-hybridized carbons (Fsp3) is 1.00. The Labute approximate surface area is 133 Å². The molecule has 11 heteroatoms. The van der Waals surface area contributed by atoms with E-state index >= 15 is 0 Å². The predicted octanol–water partition coefficient (Wildman–Crippen LogP) is 1.88. The molecular weight excluding hydrogens is 414 g/mol. The molecule has 0 atom stereocenters. The van der Waals surface area contributed by atoms with Crippen LogP contribution in [-0.4, -0.2) is 29.4 Å². The van der Waals surface area contributed by atoms with Gasteiger partial charge in [0.1, 0.15) is 0 Å². The van der Waals surface area contributed by atoms with Gasteiger partial charge in [-0.15, -0.1) is 0 Å². The third-order valence-corrected chi connectivity index (χ3v) is 4.12. The third-order valence-electron chi connectivity index (χ3n) is 1.28. The van der Waals surface area contributed by atoms with Crippen molar-refractivity contribution in [2.24, 2.45) is 0 Å². The minimum Gasteiger partial charge on any atom is -0.325 e. The molecule has 0 aromatic carbocycles. The Bertz CT molecular complexity index is 227. The Morgan fingerprint density at radius 1 is 0.737 bits per heavy atom. The number of unbranched alkanes of at least 4 members (excludes halogenated alkanes) is 2. The quantitative estimate of drug-likeness (QED) is 0.211. The Morgan fingerprint density at radius 2 is 0.947 bits per heavy atom. The summed E-state index contributed by atoms with van der Waals surface area (Å²) in [7, 11) is 0. The summed E-state index contributed by atoms with van der Waals surface area (Å²) in [6.07, 6.45) is 5.78. The number of rotatable bonds is 6. The molecule has 0 fully saturated rings. The van der Waals surface area contributed by atoms with Crippen molar-refractivity contribution in [3.8, 4) is 0 Å². The van der Waals surface area contributed by atoms with Crippen LogP contribution in [0.2, 0.25) is 9.62 Å². The van der Waals surface area contributed by atoms with Crippen LogP contribution in [0.1, 0.15) is 39.5 Å². The zero-order valence-electron chi connectivity index (χ0n) is 11.0. The van der Waals surface area contributed by atoms with Crippen molar-refractivity contribution < 1.29 is 47.9 Å². The smallest absolute Gasteiger partial charge is 0.319 e. The van der Waals surface area contributed by atoms with E-state index < -0.39 is 13.4 Å². The van der Waals surface area contributed by atoms with E-state index in [2.05, 4.69) is 37.5 Å². The van der Waals surface area contributed by atoms with E-state index in [0.29, 0.717) is 18.6 Å². The molecule has 0 aliphatic heterocycles. The van der Waals surface area contributed by atoms with Gasteiger partial charge in [0.25, 0.3) is 0 Å². The van der Waals surface area contributed by atoms with Crippen LogP contribution in [0.5, 0.6) is 0 Å². The monoisotopic (exact) mass is 440 g/mol. The van der Waals surface area contributed by atoms with E-state index in [1.54, 1.807) is 9.62 Å². The molecule has 0 rings (SSSR count). The molecule has 0 saturated heterocycles. The van der Waals surface area contributed by atoms with Crippen LogP contribution in [0.4, 0.5) is 0 Å². The first-order valence-corrected chi connectivity index (χ1v) is 13.7. The Balaban J connectivity index is -0.000000219. The van der Waals surface area contributed by atoms with E-state index in [1.807, 2.05) is 0 Å². The second-order valence-corrected chi connectivity index (χ2v) is 11.3. The summed E-state index contributed by atoms with van der Waals surface area (Å²) in [5.74, 6) is 0. The van der Waals surface area contributed by atoms with Crippen molar-refractivity contribution in [1.29, 1.82) is 0 Å². The maximum absolute atomic E-state index is 7.56. The van der Waals surface area contributed by atoms with E-state index in [-0.39, 0.29) is 0 Å². The molecule has 0 aliphatic carbocycles. The zero-order valence-corrected chi connectivity index (χ0v) is 16.5. The first kappa shape index (κ1) is 25.7. The van der Waals surface area contributed by atoms with Crippen LogP contribution >= 0.6 is 13.4 Å². The predicted molar refractivity (Wildman–Crippen MR) is 81.3 cm³/mol. The normalized spacial score (nSPS) is 10.9. The van der Waals surface area contributed by atoms with Crippen molar-refractivity contribution >= 4 is 37.1 Å². The molecule has 0 heterocycles. The minimum atomic E-state index is -3.81. The summed E-state index contributed by atoms with van der Waals surface area (Å²) in [6.45, 7) is -3.04. The van der Waals surface area contributed by atoms with E-state index in [0.717, 1.165) is 0 Å². The Kier molecular flexibility index (Phi) is 21.8. The van der Waals surface area contributed by atoms with Gasteiger partial charge in [0.15, 0.2) is 0 Å². The topological polar surface area (TPSA) is 121 Å². The molecule has 0 spiro atoms. The van der Waals surface area contributed by atoms with Gasteiger partial charge >= 0.3 is 81.2 Å². The molecule has 0 radical (unpaired) electrons. The zero-order chi connectivity index (χ0) is 15.9. The van der Waals surface area contributed by atoms with Crippen molar-refractivity contribution in [2.45, 2.75) is 49.2 Å². The van der Waals surface area contributed by atoms with E-state index in [1.165, 1.54) is 25.7 Å². The van der Waals surface area contributed by atoms with Crippen LogP contribution in [0.15, 0.2) is 0 Å². The molecule has 0 unspecified atom stereocenters. The average Bonchev–Trinajstić information content (AvgIpc) is 2.12. The fourth-order valence-electron chi connectivity index (χ4n) is 0.595. The van der Waals surface area contributed by atoms with Crippen LogP contribution in [-0.2, 0) is 42.2 Å². The van der Waals surface area contributed by atoms with Crippen molar-refractivity contribution in [1.82, 2.24) is 0 Å². The van der Waals surface area contributed by atoms with Crippen LogP contribution in [0.3, 0.4) is 0 Å². The summed E-state index contributed by atoms with van der Waals surface area (Å²) >= 11 is 7.67. The Morgan fingerprint density at radius 3 is 1.11 bits per heavy atom. The maximum atomic E-state index is 7.56. The largest absolute Gasteiger partial charge is 0.325 e. The Hall–Kier alpha value is 1.75. The van der Waals surface area contributed by atoms with Crippen molar-refractivity contribution in [2.75, 3.05) is 0 Å². The van der Waals surface area contributed by atoms with Gasteiger partial charge in [-0.2, -0.15) is 0 Å². The second-order valence-electron chi connectivity index (χ2n) is 3.35. The van der Waals surface area contributed by atoms with Gasteiger partial charge in [0.2, 0.25) is 0 Å². The van der Waals surface area contributed by atoms with Gasteiger partial charge in [0, 0.05) is 0 Å². The molecule has 0 amide bonds. The van der Waals surface area contributed by atoms with Gasteiger partial charge in [0.05, 0.1) is 0 Å². The van der Waals surface area contributed by atoms with E-state index in [9.17, 15) is 0 Å². The molecule has 6 N–H and O–H groups in total. The summed E-state index contributed by atoms with van der Waals surface area (Å²) in [4.78, 5) is 48.5. The standard InChI is InChI=1S/2C4H9.Mo.2H3O3PS/c2*1-3-4-2;;2*1-4(2,3)5/h2*1,3-4H2,2H3;;2*(H3,1,2,3,5). The summed E-state index contributed by atoms with van der Waals surface area (Å²) in [5.41, 5.74) is 0. The molecule has 0 aromatic heterocycles. The maximum Gasteiger partial charge on any atom is 0.319 e. The van der Waals surface area contributed by atoms with Gasteiger partial charge in [-0.3, -0.25) is 0 Å². The summed E-state index contributed by atoms with van der Waals surface area (Å²) < 4.78 is 0. The first-order chi connectivity index (χ1) is 8.41. The van der Waals surface area contributed by atoms with Gasteiger partial charge in [-0.1, -0.05) is 0 Å². The van der Waals surface area contributed by atoms with Crippen LogP contribution < -0.4 is 0 Å². The summed E-state index contributed by atoms with van der Waals surface area (Å²) in [6, 6.07) is 0. The van der Waals surface area contributed by atoms with Crippen LogP contribution in [0.25, 0.3) is 0 Å². The summed E-state index contributed by atoms with van der Waals surface area (Å²) in [5, 5.41) is 0.